The molecule has 0 fully saturated rings. The predicted octanol–water partition coefficient (Wildman–Crippen LogP) is 2.31. The van der Waals surface area contributed by atoms with Crippen molar-refractivity contribution in [1.29, 1.82) is 0 Å². The van der Waals surface area contributed by atoms with Crippen LogP contribution in [-0.4, -0.2) is 32.6 Å². The van der Waals surface area contributed by atoms with Gasteiger partial charge in [0.05, 0.1) is 16.8 Å². The third kappa shape index (κ3) is 2.19. The second-order valence-electron chi connectivity index (χ2n) is 5.40. The highest BCUT2D eigenvalue weighted by molar-refractivity contribution is 6.21. The van der Waals surface area contributed by atoms with Crippen LogP contribution < -0.4 is 0 Å². The molecule has 0 bridgehead atoms. The molecule has 0 atom stereocenters. The normalized spacial score (nSPS) is 13.9. The third-order valence-corrected chi connectivity index (χ3v) is 3.93. The number of hydrogen-bond acceptors (Lipinski definition) is 3. The second-order valence-corrected chi connectivity index (χ2v) is 5.40. The molecule has 1 aliphatic heterocycles. The van der Waals surface area contributed by atoms with E-state index >= 15 is 0 Å². The molecular formula is C17H12FN3O2. The van der Waals surface area contributed by atoms with E-state index < -0.39 is 0 Å². The van der Waals surface area contributed by atoms with Crippen LogP contribution in [0.1, 0.15) is 26.4 Å². The summed E-state index contributed by atoms with van der Waals surface area (Å²) in [6, 6.07) is 9.72. The number of aromatic nitrogens is 2. The highest BCUT2D eigenvalue weighted by Gasteiger charge is 2.34. The predicted molar refractivity (Wildman–Crippen MR) is 80.7 cm³/mol. The maximum atomic E-state index is 13.2. The number of nitrogens with zero attached hydrogens (tertiary/aromatic N) is 3. The number of pyridine rings is 1. The molecule has 0 unspecified atom stereocenters. The molecule has 114 valence electrons. The monoisotopic (exact) mass is 309 g/mol. The Morgan fingerprint density at radius 1 is 0.957 bits per heavy atom. The molecule has 5 nitrogen and oxygen atoms in total. The van der Waals surface area contributed by atoms with Crippen LogP contribution in [0.2, 0.25) is 0 Å². The van der Waals surface area contributed by atoms with Gasteiger partial charge in [0.15, 0.2) is 0 Å². The van der Waals surface area contributed by atoms with Crippen molar-refractivity contribution in [2.24, 2.45) is 0 Å². The number of hydrogen-bond donors (Lipinski definition) is 0. The molecule has 3 heterocycles. The zero-order valence-corrected chi connectivity index (χ0v) is 12.1. The first-order chi connectivity index (χ1) is 11.1. The van der Waals surface area contributed by atoms with E-state index in [4.69, 9.17) is 0 Å². The Bertz CT molecular complexity index is 913. The molecule has 4 rings (SSSR count). The van der Waals surface area contributed by atoms with Crippen LogP contribution in [0.4, 0.5) is 4.39 Å². The van der Waals surface area contributed by atoms with Crippen LogP contribution >= 0.6 is 0 Å². The number of halogens is 1. The van der Waals surface area contributed by atoms with E-state index in [2.05, 4.69) is 4.98 Å². The fraction of sp³-hybridized carbons (Fsp3) is 0.118. The molecule has 6 heteroatoms. The average Bonchev–Trinajstić information content (AvgIpc) is 3.06. The van der Waals surface area contributed by atoms with Crippen molar-refractivity contribution in [3.05, 3.63) is 71.4 Å². The lowest BCUT2D eigenvalue weighted by Gasteiger charge is -2.12. The molecule has 3 aromatic rings. The highest BCUT2D eigenvalue weighted by atomic mass is 19.1. The first-order valence-electron chi connectivity index (χ1n) is 7.22. The Morgan fingerprint density at radius 2 is 1.65 bits per heavy atom. The van der Waals surface area contributed by atoms with Crippen molar-refractivity contribution < 1.29 is 14.0 Å². The highest BCUT2D eigenvalue weighted by Crippen LogP contribution is 2.22. The summed E-state index contributed by atoms with van der Waals surface area (Å²) in [5.41, 5.74) is 2.21. The molecule has 0 N–H and O–H groups in total. The minimum absolute atomic E-state index is 0.249. The molecule has 2 amide bonds. The minimum Gasteiger partial charge on any atom is -0.304 e. The summed E-state index contributed by atoms with van der Waals surface area (Å²) in [7, 11) is 0. The van der Waals surface area contributed by atoms with Gasteiger partial charge in [-0.3, -0.25) is 14.5 Å². The van der Waals surface area contributed by atoms with Gasteiger partial charge in [-0.05, 0) is 24.3 Å². The van der Waals surface area contributed by atoms with E-state index in [1.165, 1.54) is 17.2 Å². The summed E-state index contributed by atoms with van der Waals surface area (Å²) in [5.74, 6) is -0.900. The lowest BCUT2D eigenvalue weighted by atomic mass is 10.1. The minimum atomic E-state index is -0.346. The number of imide groups is 1. The number of fused-ring (bicyclic) bond motifs is 2. The Balaban J connectivity index is 1.55. The van der Waals surface area contributed by atoms with Gasteiger partial charge in [-0.2, -0.15) is 0 Å². The average molecular weight is 309 g/mol. The molecule has 1 aliphatic rings. The Kier molecular flexibility index (Phi) is 2.97. The van der Waals surface area contributed by atoms with Gasteiger partial charge >= 0.3 is 0 Å². The van der Waals surface area contributed by atoms with Crippen molar-refractivity contribution in [3.63, 3.8) is 0 Å². The van der Waals surface area contributed by atoms with Crippen molar-refractivity contribution in [2.45, 2.75) is 6.42 Å². The van der Waals surface area contributed by atoms with Crippen molar-refractivity contribution >= 4 is 17.5 Å². The first-order valence-corrected chi connectivity index (χ1v) is 7.22. The Hall–Kier alpha value is -3.02. The Labute approximate surface area is 131 Å². The molecule has 0 radical (unpaired) electrons. The van der Waals surface area contributed by atoms with Crippen LogP contribution in [-0.2, 0) is 6.42 Å². The topological polar surface area (TPSA) is 54.7 Å². The summed E-state index contributed by atoms with van der Waals surface area (Å²) in [6.07, 6.45) is 3.47. The van der Waals surface area contributed by atoms with Crippen molar-refractivity contribution in [2.75, 3.05) is 6.54 Å². The SMILES string of the molecule is O=C1c2ccccc2C(=O)N1CCc1cn2cc(F)ccc2n1. The van der Waals surface area contributed by atoms with Crippen LogP contribution in [0.3, 0.4) is 0 Å². The van der Waals surface area contributed by atoms with Gasteiger partial charge in [-0.15, -0.1) is 0 Å². The molecule has 1 aromatic carbocycles. The largest absolute Gasteiger partial charge is 0.304 e. The van der Waals surface area contributed by atoms with Gasteiger partial charge in [0.25, 0.3) is 11.8 Å². The van der Waals surface area contributed by atoms with E-state index in [1.807, 2.05) is 0 Å². The molecule has 0 spiro atoms. The van der Waals surface area contributed by atoms with E-state index in [0.29, 0.717) is 28.9 Å². The quantitative estimate of drug-likeness (QED) is 0.698. The fourth-order valence-corrected chi connectivity index (χ4v) is 2.81. The lowest BCUT2D eigenvalue weighted by Crippen LogP contribution is -2.31. The summed E-state index contributed by atoms with van der Waals surface area (Å²) in [5, 5.41) is 0. The molecular weight excluding hydrogens is 297 g/mol. The van der Waals surface area contributed by atoms with E-state index in [9.17, 15) is 14.0 Å². The maximum Gasteiger partial charge on any atom is 0.261 e. The maximum absolute atomic E-state index is 13.2. The molecule has 0 aliphatic carbocycles. The number of carbonyl (C=O) groups is 2. The first kappa shape index (κ1) is 13.6. The van der Waals surface area contributed by atoms with Crippen LogP contribution in [0.25, 0.3) is 5.65 Å². The number of benzene rings is 1. The summed E-state index contributed by atoms with van der Waals surface area (Å²) < 4.78 is 14.8. The van der Waals surface area contributed by atoms with Gasteiger partial charge < -0.3 is 4.40 Å². The van der Waals surface area contributed by atoms with E-state index in [0.717, 1.165) is 0 Å². The van der Waals surface area contributed by atoms with Gasteiger partial charge in [0, 0.05) is 25.4 Å². The fourth-order valence-electron chi connectivity index (χ4n) is 2.81. The summed E-state index contributed by atoms with van der Waals surface area (Å²) in [4.78, 5) is 30.1. The Morgan fingerprint density at radius 3 is 2.35 bits per heavy atom. The van der Waals surface area contributed by atoms with Gasteiger partial charge in [-0.1, -0.05) is 12.1 Å². The zero-order valence-electron chi connectivity index (χ0n) is 12.1. The van der Waals surface area contributed by atoms with Gasteiger partial charge in [-0.25, -0.2) is 9.37 Å². The third-order valence-electron chi connectivity index (χ3n) is 3.93. The van der Waals surface area contributed by atoms with Crippen LogP contribution in [0.15, 0.2) is 48.8 Å². The van der Waals surface area contributed by atoms with Crippen molar-refractivity contribution in [1.82, 2.24) is 14.3 Å². The molecule has 2 aromatic heterocycles. The van der Waals surface area contributed by atoms with E-state index in [-0.39, 0.29) is 24.2 Å². The number of carbonyl (C=O) groups excluding carboxylic acids is 2. The lowest BCUT2D eigenvalue weighted by molar-refractivity contribution is 0.0656. The molecule has 0 saturated carbocycles. The molecule has 23 heavy (non-hydrogen) atoms. The number of imidazole rings is 1. The van der Waals surface area contributed by atoms with Gasteiger partial charge in [0.2, 0.25) is 0 Å². The second kappa shape index (κ2) is 5.01. The standard InChI is InChI=1S/C17H12FN3O2/c18-11-5-6-15-19-12(10-20(15)9-11)7-8-21-16(22)13-3-1-2-4-14(13)17(21)23/h1-6,9-10H,7-8H2. The van der Waals surface area contributed by atoms with Crippen molar-refractivity contribution in [3.8, 4) is 0 Å². The summed E-state index contributed by atoms with van der Waals surface area (Å²) in [6.45, 7) is 0.249. The van der Waals surface area contributed by atoms with E-state index in [1.54, 1.807) is 40.9 Å². The number of rotatable bonds is 3. The summed E-state index contributed by atoms with van der Waals surface area (Å²) >= 11 is 0. The van der Waals surface area contributed by atoms with Crippen LogP contribution in [0, 0.1) is 5.82 Å². The zero-order chi connectivity index (χ0) is 16.0. The van der Waals surface area contributed by atoms with Gasteiger partial charge in [0.1, 0.15) is 11.5 Å². The molecule has 0 saturated heterocycles. The smallest absolute Gasteiger partial charge is 0.261 e. The number of amides is 2. The van der Waals surface area contributed by atoms with Crippen LogP contribution in [0.5, 0.6) is 0 Å².